The second-order valence-corrected chi connectivity index (χ2v) is 35.6. The average molecular weight is 1480 g/mol. The van der Waals surface area contributed by atoms with Gasteiger partial charge in [-0.15, -0.1) is 11.8 Å². The van der Waals surface area contributed by atoms with Gasteiger partial charge in [0.25, 0.3) is 0 Å². The zero-order chi connectivity index (χ0) is 77.9. The van der Waals surface area contributed by atoms with Gasteiger partial charge in [0, 0.05) is 135 Å². The Bertz CT molecular complexity index is 1950. The van der Waals surface area contributed by atoms with Crippen molar-refractivity contribution in [3.05, 3.63) is 0 Å². The summed E-state index contributed by atoms with van der Waals surface area (Å²) >= 11 is 2.04. The van der Waals surface area contributed by atoms with E-state index in [1.54, 1.807) is 13.8 Å². The fourth-order valence-corrected chi connectivity index (χ4v) is 18.4. The fourth-order valence-electron chi connectivity index (χ4n) is 17.2. The molecule has 0 amide bonds. The van der Waals surface area contributed by atoms with Crippen molar-refractivity contribution in [2.24, 2.45) is 5.92 Å². The topological polar surface area (TPSA) is 88.2 Å². The van der Waals surface area contributed by atoms with Crippen LogP contribution < -0.4 is 0 Å². The summed E-state index contributed by atoms with van der Waals surface area (Å²) in [5.41, 5.74) is 0. The summed E-state index contributed by atoms with van der Waals surface area (Å²) < 4.78 is 5.21. The largest absolute Gasteiger partial charge is 0.379 e. The highest BCUT2D eigenvalue weighted by Crippen LogP contribution is 2.31. The van der Waals surface area contributed by atoms with Gasteiger partial charge in [0.15, 0.2) is 0 Å². The molecule has 1 unspecified atom stereocenters. The van der Waals surface area contributed by atoms with Gasteiger partial charge >= 0.3 is 0 Å². The minimum Gasteiger partial charge on any atom is -0.379 e. The number of hydroxylamine groups is 2. The molecule has 614 valence electrons. The number of nitrogens with zero attached hydrogens (tertiary/aromatic N) is 11. The number of carbonyl (C=O) groups excluding carboxylic acids is 2. The van der Waals surface area contributed by atoms with E-state index in [4.69, 9.17) is 9.57 Å². The maximum Gasteiger partial charge on any atom is 0.146 e. The van der Waals surface area contributed by atoms with Gasteiger partial charge in [-0.25, -0.2) is 0 Å². The van der Waals surface area contributed by atoms with Crippen molar-refractivity contribution in [1.29, 1.82) is 0 Å². The van der Waals surface area contributed by atoms with Crippen molar-refractivity contribution in [2.75, 3.05) is 123 Å². The van der Waals surface area contributed by atoms with Crippen LogP contribution in [0.4, 0.5) is 0 Å². The normalized spacial score (nSPS) is 27.1. The lowest BCUT2D eigenvalue weighted by Gasteiger charge is -2.32. The molecule has 11 fully saturated rings. The predicted octanol–water partition coefficient (Wildman–Crippen LogP) is 18.0. The van der Waals surface area contributed by atoms with E-state index in [0.717, 1.165) is 132 Å². The third-order valence-corrected chi connectivity index (χ3v) is 24.4. The average Bonchev–Trinajstić information content (AvgIpc) is 1.72. The summed E-state index contributed by atoms with van der Waals surface area (Å²) in [6.45, 7) is 84.0. The second kappa shape index (κ2) is 57.2. The number of morpholine rings is 1. The van der Waals surface area contributed by atoms with Gasteiger partial charge in [-0.1, -0.05) is 41.5 Å². The maximum atomic E-state index is 11.1. The van der Waals surface area contributed by atoms with Gasteiger partial charge in [0.1, 0.15) is 11.6 Å². The Balaban J connectivity index is 0.000000573. The zero-order valence-electron chi connectivity index (χ0n) is 74.2. The highest BCUT2D eigenvalue weighted by molar-refractivity contribution is 7.99. The molecule has 11 saturated heterocycles. The van der Waals surface area contributed by atoms with E-state index in [-0.39, 0.29) is 12.1 Å². The molecule has 8 atom stereocenters. The van der Waals surface area contributed by atoms with Gasteiger partial charge in [0.2, 0.25) is 0 Å². The van der Waals surface area contributed by atoms with Gasteiger partial charge < -0.3 is 14.5 Å². The van der Waals surface area contributed by atoms with Crippen LogP contribution in [0.25, 0.3) is 0 Å². The maximum absolute atomic E-state index is 11.1. The van der Waals surface area contributed by atoms with Crippen LogP contribution in [0.3, 0.4) is 0 Å². The lowest BCUT2D eigenvalue weighted by Crippen LogP contribution is -2.42. The predicted molar refractivity (Wildman–Crippen MR) is 453 cm³/mol. The van der Waals surface area contributed by atoms with E-state index in [1.165, 1.54) is 180 Å². The fraction of sp³-hybridized carbons (Fsp3) is 0.977. The van der Waals surface area contributed by atoms with Crippen LogP contribution in [0, 0.1) is 5.92 Å². The van der Waals surface area contributed by atoms with Gasteiger partial charge in [0.05, 0.1) is 31.9 Å². The summed E-state index contributed by atoms with van der Waals surface area (Å²) in [5, 5.41) is 2.05. The van der Waals surface area contributed by atoms with Crippen LogP contribution in [0.5, 0.6) is 0 Å². The Hall–Kier alpha value is -0.830. The molecule has 0 bridgehead atoms. The Morgan fingerprint density at radius 3 is 1.06 bits per heavy atom. The molecule has 11 aliphatic rings. The molecule has 0 spiro atoms. The molecule has 0 aromatic heterocycles. The van der Waals surface area contributed by atoms with Crippen LogP contribution in [0.1, 0.15) is 323 Å². The summed E-state index contributed by atoms with van der Waals surface area (Å²) in [5.74, 6) is 3.95. The second-order valence-electron chi connectivity index (χ2n) is 34.6. The first-order valence-electron chi connectivity index (χ1n) is 43.9. The number of likely N-dealkylation sites (tertiary alicyclic amines) is 8. The number of ether oxygens (including phenoxy) is 1. The first kappa shape index (κ1) is 100. The number of rotatable bonds is 17. The Kier molecular flexibility index (Phi) is 55.7. The van der Waals surface area contributed by atoms with E-state index in [2.05, 4.69) is 222 Å². The van der Waals surface area contributed by atoms with Crippen LogP contribution in [0.2, 0.25) is 0 Å². The molecule has 11 aliphatic heterocycles. The minimum atomic E-state index is 0.218. The Morgan fingerprint density at radius 1 is 0.388 bits per heavy atom. The number of ketones is 2. The summed E-state index contributed by atoms with van der Waals surface area (Å²) in [6, 6.07) is 11.5. The van der Waals surface area contributed by atoms with Crippen molar-refractivity contribution in [3.63, 3.8) is 0 Å². The molecule has 0 aliphatic carbocycles. The highest BCUT2D eigenvalue weighted by atomic mass is 32.2. The number of hydrogen-bond acceptors (Lipinski definition) is 16. The van der Waals surface area contributed by atoms with Crippen LogP contribution in [-0.4, -0.2) is 291 Å². The minimum absolute atomic E-state index is 0.218. The summed E-state index contributed by atoms with van der Waals surface area (Å²) in [6.07, 6.45) is 25.5. The number of thioether (sulfide) groups is 1. The molecule has 0 saturated carbocycles. The van der Waals surface area contributed by atoms with Crippen LogP contribution >= 0.6 is 11.8 Å². The van der Waals surface area contributed by atoms with E-state index < -0.39 is 0 Å². The van der Waals surface area contributed by atoms with E-state index in [0.29, 0.717) is 41.7 Å². The van der Waals surface area contributed by atoms with E-state index in [1.807, 2.05) is 30.7 Å². The molecular formula is C87H181N11O4S. The summed E-state index contributed by atoms with van der Waals surface area (Å²) in [4.78, 5) is 52.9. The van der Waals surface area contributed by atoms with Crippen LogP contribution in [-0.2, 0) is 19.2 Å². The van der Waals surface area contributed by atoms with Gasteiger partial charge in [-0.2, -0.15) is 5.06 Å². The smallest absolute Gasteiger partial charge is 0.146 e. The molecule has 103 heavy (non-hydrogen) atoms. The molecular weight excluding hydrogens is 1300 g/mol. The highest BCUT2D eigenvalue weighted by Gasteiger charge is 2.34. The van der Waals surface area contributed by atoms with Crippen molar-refractivity contribution in [1.82, 2.24) is 54.1 Å². The Labute approximate surface area is 647 Å². The number of carbonyl (C=O) groups is 2. The molecule has 0 aromatic rings. The number of hydrogen-bond donors (Lipinski definition) is 0. The standard InChI is InChI=1S/C12H24N2.C11H23N.2C9H17NO.C9H19N.C8H17N.2C7H15NO.C7H15N.C6H13NS.C2H6/c1-11(2)14-9-5-6-12(14)10-13-7-3-4-8-13;1-5-10-7-8-11(6-2)12(10)9(3)4;2*1-7(2)10-6-4-5-9(10)8(3)11;1-4-9-6-5-7-10(9)8(2)3;1-7(2)9-6-4-5-8(9)3;1-6(2)8-4-7(3)5-9-8;1-7(2)8-3-5-9-6-4-8;1-7(2)8-5-3-4-6-8;1-6(2)7-3-4-8-5-7;1-2/h11-12H,3-10H2,1-2H3;9-11H,5-8H2,1-4H3;2*7,9H,4-6H2,1-3H3;8-9H,4-7H2,1-3H3;7-8H,4-6H2,1-3H3;6-7H,4-5H2,1-3H3;7H,3-6H2,1-2H3;7H,3-6H2,1-2H3;6H,3-5H2,1-2H3;1-2H3/t12-;10-,11-;3*9-;8-;;;;;/m010011...../s1. The lowest BCUT2D eigenvalue weighted by atomic mass is 10.1. The number of Topliss-reactive ketones (excluding diaryl/α,β-unsaturated/α-hetero) is 2. The third kappa shape index (κ3) is 39.8. The van der Waals surface area contributed by atoms with Crippen molar-refractivity contribution < 1.29 is 19.2 Å². The Morgan fingerprint density at radius 2 is 0.777 bits per heavy atom. The first-order valence-corrected chi connectivity index (χ1v) is 45.0. The third-order valence-electron chi connectivity index (χ3n) is 23.4. The SMILES string of the molecule is CC.CC(=O)[C@@H]1CCCN1C(C)C.CC(=O)[C@@H]1CCCN1C(C)C.CC(C)N1CCCC1.CC(C)N1CCC[C@H]1C.CC(C)N1CCC[C@H]1CN1CCCC1.CC(C)N1CCOCC1.CC(C)N1CCSC1.CC1CON(C(C)C)C1.CC[C@@H]1CCCN1C(C)C.CC[C@@H]1CC[C@@H](CC)N1C(C)C. The lowest BCUT2D eigenvalue weighted by molar-refractivity contribution is -0.132. The zero-order valence-corrected chi connectivity index (χ0v) is 75.0. The molecule has 0 radical (unpaired) electrons. The van der Waals surface area contributed by atoms with E-state index >= 15 is 0 Å². The molecule has 0 aromatic carbocycles. The quantitative estimate of drug-likeness (QED) is 0.138. The van der Waals surface area contributed by atoms with Gasteiger partial charge in [-0.3, -0.25) is 53.6 Å². The van der Waals surface area contributed by atoms with Crippen LogP contribution in [0.15, 0.2) is 0 Å². The monoisotopic (exact) mass is 1480 g/mol. The van der Waals surface area contributed by atoms with Crippen molar-refractivity contribution >= 4 is 23.3 Å². The van der Waals surface area contributed by atoms with Crippen molar-refractivity contribution in [3.8, 4) is 0 Å². The van der Waals surface area contributed by atoms with Crippen molar-refractivity contribution in [2.45, 2.75) is 425 Å². The molecule has 15 nitrogen and oxygen atoms in total. The van der Waals surface area contributed by atoms with E-state index in [9.17, 15) is 9.59 Å². The molecule has 0 N–H and O–H groups in total. The summed E-state index contributed by atoms with van der Waals surface area (Å²) in [7, 11) is 0. The molecule has 16 heteroatoms. The molecule has 11 rings (SSSR count). The molecule has 11 heterocycles. The first-order chi connectivity index (χ1) is 48.8. The van der Waals surface area contributed by atoms with Gasteiger partial charge in [-0.05, 0) is 346 Å².